The highest BCUT2D eigenvalue weighted by Crippen LogP contribution is 2.21. The number of sulfonamides is 1. The lowest BCUT2D eigenvalue weighted by Crippen LogP contribution is -2.32. The van der Waals surface area contributed by atoms with E-state index in [1.807, 2.05) is 37.3 Å². The molecule has 29 heavy (non-hydrogen) atoms. The normalized spacial score (nSPS) is 16.7. The van der Waals surface area contributed by atoms with Gasteiger partial charge in [-0.2, -0.15) is 4.31 Å². The monoisotopic (exact) mass is 415 g/mol. The first-order chi connectivity index (χ1) is 14.0. The van der Waals surface area contributed by atoms with E-state index in [0.29, 0.717) is 18.8 Å². The molecule has 0 aromatic heterocycles. The second kappa shape index (κ2) is 10.0. The Hall–Kier alpha value is -2.22. The van der Waals surface area contributed by atoms with E-state index in [2.05, 4.69) is 10.6 Å². The van der Waals surface area contributed by atoms with Crippen LogP contribution in [0, 0.1) is 0 Å². The molecule has 0 spiro atoms. The summed E-state index contributed by atoms with van der Waals surface area (Å²) in [5.41, 5.74) is 1.70. The first-order valence-corrected chi connectivity index (χ1v) is 11.6. The van der Waals surface area contributed by atoms with Crippen LogP contribution in [0.15, 0.2) is 59.5 Å². The molecule has 1 heterocycles. The highest BCUT2D eigenvalue weighted by Gasteiger charge is 2.24. The summed E-state index contributed by atoms with van der Waals surface area (Å²) in [5.74, 6) is -0.170. The van der Waals surface area contributed by atoms with Gasteiger partial charge in [-0.1, -0.05) is 43.2 Å². The van der Waals surface area contributed by atoms with E-state index in [9.17, 15) is 13.2 Å². The van der Waals surface area contributed by atoms with Gasteiger partial charge in [-0.05, 0) is 49.6 Å². The molecule has 2 N–H and O–H groups in total. The zero-order valence-corrected chi connectivity index (χ0v) is 17.6. The Bertz CT molecular complexity index is 891. The fraction of sp³-hybridized carbons (Fsp3) is 0.409. The first kappa shape index (κ1) is 21.5. The molecule has 1 aliphatic rings. The molecule has 0 aliphatic carbocycles. The predicted octanol–water partition coefficient (Wildman–Crippen LogP) is 3.54. The Balaban J connectivity index is 1.55. The molecule has 0 bridgehead atoms. The topological polar surface area (TPSA) is 78.5 Å². The molecule has 1 aliphatic heterocycles. The fourth-order valence-electron chi connectivity index (χ4n) is 3.45. The smallest absolute Gasteiger partial charge is 0.243 e. The van der Waals surface area contributed by atoms with Gasteiger partial charge in [0.05, 0.1) is 11.4 Å². The maximum Gasteiger partial charge on any atom is 0.243 e. The number of hydrogen-bond acceptors (Lipinski definition) is 4. The zero-order chi connectivity index (χ0) is 20.7. The number of amides is 1. The molecule has 1 atom stereocenters. The summed E-state index contributed by atoms with van der Waals surface area (Å²) in [6.07, 6.45) is 3.96. The average molecular weight is 416 g/mol. The maximum atomic E-state index is 12.8. The van der Waals surface area contributed by atoms with Crippen LogP contribution in [0.4, 0.5) is 5.69 Å². The van der Waals surface area contributed by atoms with Crippen molar-refractivity contribution in [1.82, 2.24) is 9.62 Å². The Morgan fingerprint density at radius 3 is 2.21 bits per heavy atom. The number of carbonyl (C=O) groups is 1. The summed E-state index contributed by atoms with van der Waals surface area (Å²) in [4.78, 5) is 12.5. The molecule has 3 rings (SSSR count). The van der Waals surface area contributed by atoms with Gasteiger partial charge in [-0.15, -0.1) is 0 Å². The molecular formula is C22H29N3O3S. The summed E-state index contributed by atoms with van der Waals surface area (Å²) in [6.45, 7) is 3.33. The zero-order valence-electron chi connectivity index (χ0n) is 16.8. The van der Waals surface area contributed by atoms with E-state index >= 15 is 0 Å². The van der Waals surface area contributed by atoms with Crippen LogP contribution in [0.2, 0.25) is 0 Å². The van der Waals surface area contributed by atoms with Crippen molar-refractivity contribution >= 4 is 21.6 Å². The van der Waals surface area contributed by atoms with Crippen molar-refractivity contribution in [2.75, 3.05) is 25.0 Å². The Morgan fingerprint density at radius 2 is 1.59 bits per heavy atom. The molecule has 1 fully saturated rings. The van der Waals surface area contributed by atoms with E-state index in [4.69, 9.17) is 0 Å². The molecule has 6 nitrogen and oxygen atoms in total. The second-order valence-electron chi connectivity index (χ2n) is 7.40. The summed E-state index contributed by atoms with van der Waals surface area (Å²) in [5, 5.41) is 6.00. The third kappa shape index (κ3) is 5.88. The Morgan fingerprint density at radius 1 is 0.966 bits per heavy atom. The number of nitrogens with zero attached hydrogens (tertiary/aromatic N) is 1. The minimum absolute atomic E-state index is 0.0584. The molecule has 0 radical (unpaired) electrons. The van der Waals surface area contributed by atoms with Gasteiger partial charge in [0.1, 0.15) is 0 Å². The van der Waals surface area contributed by atoms with Gasteiger partial charge in [0.2, 0.25) is 15.9 Å². The van der Waals surface area contributed by atoms with Gasteiger partial charge in [0.15, 0.2) is 0 Å². The van der Waals surface area contributed by atoms with Gasteiger partial charge in [0.25, 0.3) is 0 Å². The van der Waals surface area contributed by atoms with Crippen molar-refractivity contribution in [2.24, 2.45) is 0 Å². The lowest BCUT2D eigenvalue weighted by molar-refractivity contribution is -0.115. The highest BCUT2D eigenvalue weighted by atomic mass is 32.2. The lowest BCUT2D eigenvalue weighted by atomic mass is 10.1. The van der Waals surface area contributed by atoms with Gasteiger partial charge < -0.3 is 10.6 Å². The number of anilines is 1. The van der Waals surface area contributed by atoms with E-state index in [0.717, 1.165) is 31.2 Å². The SMILES string of the molecule is C[C@@H](NCC(=O)Nc1ccc(S(=O)(=O)N2CCCCCC2)cc1)c1ccccc1. The third-order valence-corrected chi connectivity index (χ3v) is 7.12. The van der Waals surface area contributed by atoms with Crippen molar-refractivity contribution in [3.05, 3.63) is 60.2 Å². The molecule has 0 saturated carbocycles. The second-order valence-corrected chi connectivity index (χ2v) is 9.34. The quantitative estimate of drug-likeness (QED) is 0.725. The summed E-state index contributed by atoms with van der Waals surface area (Å²) < 4.78 is 27.2. The number of nitrogens with one attached hydrogen (secondary N) is 2. The molecule has 0 unspecified atom stereocenters. The van der Waals surface area contributed by atoms with E-state index in [1.54, 1.807) is 28.6 Å². The van der Waals surface area contributed by atoms with Crippen LogP contribution >= 0.6 is 0 Å². The molecule has 2 aromatic carbocycles. The van der Waals surface area contributed by atoms with Crippen LogP contribution in [0.1, 0.15) is 44.2 Å². The van der Waals surface area contributed by atoms with Gasteiger partial charge in [-0.3, -0.25) is 4.79 Å². The van der Waals surface area contributed by atoms with Gasteiger partial charge in [0, 0.05) is 24.8 Å². The van der Waals surface area contributed by atoms with E-state index in [1.165, 1.54) is 0 Å². The summed E-state index contributed by atoms with van der Waals surface area (Å²) in [6, 6.07) is 16.4. The Kier molecular flexibility index (Phi) is 7.41. The number of carbonyl (C=O) groups excluding carboxylic acids is 1. The van der Waals surface area contributed by atoms with Crippen molar-refractivity contribution in [2.45, 2.75) is 43.5 Å². The predicted molar refractivity (Wildman–Crippen MR) is 115 cm³/mol. The molecule has 1 saturated heterocycles. The number of rotatable bonds is 7. The molecule has 156 valence electrons. The fourth-order valence-corrected chi connectivity index (χ4v) is 4.97. The van der Waals surface area contributed by atoms with E-state index < -0.39 is 10.0 Å². The number of hydrogen-bond donors (Lipinski definition) is 2. The summed E-state index contributed by atoms with van der Waals surface area (Å²) in [7, 11) is -3.47. The van der Waals surface area contributed by atoms with Gasteiger partial charge >= 0.3 is 0 Å². The maximum absolute atomic E-state index is 12.8. The van der Waals surface area contributed by atoms with Crippen molar-refractivity contribution < 1.29 is 13.2 Å². The molecule has 1 amide bonds. The van der Waals surface area contributed by atoms with Crippen LogP contribution in [-0.4, -0.2) is 38.3 Å². The van der Waals surface area contributed by atoms with Crippen LogP contribution in [0.5, 0.6) is 0 Å². The minimum atomic E-state index is -3.47. The van der Waals surface area contributed by atoms with Crippen molar-refractivity contribution in [3.8, 4) is 0 Å². The first-order valence-electron chi connectivity index (χ1n) is 10.2. The van der Waals surface area contributed by atoms with Crippen LogP contribution in [0.3, 0.4) is 0 Å². The van der Waals surface area contributed by atoms with Crippen molar-refractivity contribution in [1.29, 1.82) is 0 Å². The summed E-state index contributed by atoms with van der Waals surface area (Å²) >= 11 is 0. The molecular weight excluding hydrogens is 386 g/mol. The highest BCUT2D eigenvalue weighted by molar-refractivity contribution is 7.89. The lowest BCUT2D eigenvalue weighted by Gasteiger charge is -2.20. The van der Waals surface area contributed by atoms with Crippen LogP contribution in [-0.2, 0) is 14.8 Å². The third-order valence-electron chi connectivity index (χ3n) is 5.21. The largest absolute Gasteiger partial charge is 0.325 e. The van der Waals surface area contributed by atoms with Crippen LogP contribution < -0.4 is 10.6 Å². The minimum Gasteiger partial charge on any atom is -0.325 e. The molecule has 7 heteroatoms. The van der Waals surface area contributed by atoms with Gasteiger partial charge in [-0.25, -0.2) is 8.42 Å². The Labute approximate surface area is 173 Å². The molecule has 2 aromatic rings. The average Bonchev–Trinajstić information content (AvgIpc) is 3.03. The van der Waals surface area contributed by atoms with Crippen LogP contribution in [0.25, 0.3) is 0 Å². The van der Waals surface area contributed by atoms with E-state index in [-0.39, 0.29) is 23.4 Å². The standard InChI is InChI=1S/C22H29N3O3S/c1-18(19-9-5-4-6-10-19)23-17-22(26)24-20-11-13-21(14-12-20)29(27,28)25-15-7-2-3-8-16-25/h4-6,9-14,18,23H,2-3,7-8,15-17H2,1H3,(H,24,26)/t18-/m1/s1. The van der Waals surface area contributed by atoms with Crippen molar-refractivity contribution in [3.63, 3.8) is 0 Å². The number of benzene rings is 2.